The quantitative estimate of drug-likeness (QED) is 0.760. The number of rotatable bonds is 4. The molecule has 2 aliphatic rings. The van der Waals surface area contributed by atoms with Crippen LogP contribution in [-0.2, 0) is 4.74 Å². The Bertz CT molecular complexity index is 900. The summed E-state index contributed by atoms with van der Waals surface area (Å²) in [6.07, 6.45) is 9.84. The fraction of sp³-hybridized carbons (Fsp3) is 0.524. The minimum absolute atomic E-state index is 0.330. The van der Waals surface area contributed by atoms with Gasteiger partial charge in [0.1, 0.15) is 16.6 Å². The molecule has 4 rings (SSSR count). The van der Waals surface area contributed by atoms with E-state index in [-0.39, 0.29) is 0 Å². The summed E-state index contributed by atoms with van der Waals surface area (Å²) >= 11 is 0. The van der Waals surface area contributed by atoms with Gasteiger partial charge in [-0.15, -0.1) is 5.10 Å². The number of H-pyrrole nitrogens is 1. The van der Waals surface area contributed by atoms with Crippen LogP contribution in [0, 0.1) is 0 Å². The van der Waals surface area contributed by atoms with Gasteiger partial charge < -0.3 is 19.4 Å². The lowest BCUT2D eigenvalue weighted by atomic mass is 10.1. The number of nitrogens with one attached hydrogen (secondary N) is 1. The first-order valence-electron chi connectivity index (χ1n) is 10.4. The number of hydrogen-bond donors (Lipinski definition) is 1. The predicted molar refractivity (Wildman–Crippen MR) is 116 cm³/mol. The van der Waals surface area contributed by atoms with Gasteiger partial charge in [-0.05, 0) is 40.0 Å². The predicted octanol–water partition coefficient (Wildman–Crippen LogP) is 1.88. The van der Waals surface area contributed by atoms with Crippen LogP contribution in [0.3, 0.4) is 0 Å². The maximum Gasteiger partial charge on any atom is 0.341 e. The Balaban J connectivity index is 0.000000172. The lowest BCUT2D eigenvalue weighted by Gasteiger charge is -2.37. The largest absolute Gasteiger partial charge is 0.462 e. The first-order valence-corrected chi connectivity index (χ1v) is 10.4. The highest BCUT2D eigenvalue weighted by Gasteiger charge is 2.18. The Morgan fingerprint density at radius 1 is 1.23 bits per heavy atom. The third-order valence-electron chi connectivity index (χ3n) is 5.35. The molecule has 0 aliphatic carbocycles. The van der Waals surface area contributed by atoms with Gasteiger partial charge in [0.15, 0.2) is 0 Å². The first-order chi connectivity index (χ1) is 14.5. The molecule has 1 fully saturated rings. The van der Waals surface area contributed by atoms with Gasteiger partial charge in [-0.3, -0.25) is 10.1 Å². The van der Waals surface area contributed by atoms with Crippen LogP contribution >= 0.6 is 0 Å². The second-order valence-electron chi connectivity index (χ2n) is 7.38. The van der Waals surface area contributed by atoms with Crippen molar-refractivity contribution in [1.29, 1.82) is 0 Å². The van der Waals surface area contributed by atoms with Crippen molar-refractivity contribution in [3.05, 3.63) is 42.0 Å². The first kappa shape index (κ1) is 21.8. The van der Waals surface area contributed by atoms with Crippen molar-refractivity contribution in [2.24, 2.45) is 0 Å². The van der Waals surface area contributed by atoms with E-state index in [4.69, 9.17) is 4.74 Å². The van der Waals surface area contributed by atoms with E-state index in [1.54, 1.807) is 6.92 Å². The fourth-order valence-electron chi connectivity index (χ4n) is 3.51. The number of ether oxygens (including phenoxy) is 1. The normalized spacial score (nSPS) is 19.3. The number of carbonyl (C=O) groups excluding carboxylic acids is 1. The third kappa shape index (κ3) is 5.15. The van der Waals surface area contributed by atoms with E-state index in [0.29, 0.717) is 29.2 Å². The molecule has 9 nitrogen and oxygen atoms in total. The number of carbonyl (C=O) groups is 1. The standard InChI is InChI=1S/C13H23N3.C8H8N4O2/c1-4-15-6-5-13(11-12(15)2)16-9-7-14(3)8-10-16;1-2-14-8(13)5-3-9-4-6-7(5)11-12-10-6/h5-6,11-12H,4,7-10H2,1-3H3;3-4H,2H2,1H3,(H,10,11,12). The molecule has 1 N–H and O–H groups in total. The van der Waals surface area contributed by atoms with Gasteiger partial charge in [0.25, 0.3) is 0 Å². The Hall–Kier alpha value is -2.94. The van der Waals surface area contributed by atoms with Gasteiger partial charge in [0.05, 0.1) is 12.8 Å². The summed E-state index contributed by atoms with van der Waals surface area (Å²) < 4.78 is 4.85. The number of aromatic nitrogens is 4. The van der Waals surface area contributed by atoms with E-state index in [9.17, 15) is 4.79 Å². The molecule has 2 aliphatic heterocycles. The number of hydrogen-bond acceptors (Lipinski definition) is 8. The summed E-state index contributed by atoms with van der Waals surface area (Å²) in [4.78, 5) is 22.5. The Kier molecular flexibility index (Phi) is 7.40. The number of likely N-dealkylation sites (N-methyl/N-ethyl adjacent to an activating group) is 2. The van der Waals surface area contributed by atoms with Crippen LogP contribution in [0.15, 0.2) is 36.4 Å². The topological polar surface area (TPSA) is 90.5 Å². The van der Waals surface area contributed by atoms with Crippen LogP contribution < -0.4 is 0 Å². The minimum atomic E-state index is -0.420. The fourth-order valence-corrected chi connectivity index (χ4v) is 3.51. The number of piperazine rings is 1. The lowest BCUT2D eigenvalue weighted by Crippen LogP contribution is -2.44. The molecule has 4 heterocycles. The number of allylic oxidation sites excluding steroid dienone is 1. The average Bonchev–Trinajstić information content (AvgIpc) is 3.24. The smallest absolute Gasteiger partial charge is 0.341 e. The summed E-state index contributed by atoms with van der Waals surface area (Å²) in [6, 6.07) is 0.532. The molecular weight excluding hydrogens is 382 g/mol. The van der Waals surface area contributed by atoms with E-state index >= 15 is 0 Å². The number of aromatic amines is 1. The van der Waals surface area contributed by atoms with Crippen molar-refractivity contribution >= 4 is 17.0 Å². The van der Waals surface area contributed by atoms with Crippen molar-refractivity contribution in [2.75, 3.05) is 46.4 Å². The molecule has 1 unspecified atom stereocenters. The van der Waals surface area contributed by atoms with E-state index in [2.05, 4.69) is 74.3 Å². The summed E-state index contributed by atoms with van der Waals surface area (Å²) in [5.41, 5.74) is 2.87. The Morgan fingerprint density at radius 3 is 2.67 bits per heavy atom. The number of esters is 1. The van der Waals surface area contributed by atoms with E-state index in [1.165, 1.54) is 31.2 Å². The molecule has 0 aromatic carbocycles. The third-order valence-corrected chi connectivity index (χ3v) is 5.35. The van der Waals surface area contributed by atoms with Crippen LogP contribution in [0.5, 0.6) is 0 Å². The number of fused-ring (bicyclic) bond motifs is 1. The second-order valence-corrected chi connectivity index (χ2v) is 7.38. The maximum atomic E-state index is 11.4. The summed E-state index contributed by atoms with van der Waals surface area (Å²) in [7, 11) is 2.20. The molecule has 2 aromatic heterocycles. The molecule has 0 spiro atoms. The van der Waals surface area contributed by atoms with E-state index < -0.39 is 5.97 Å². The van der Waals surface area contributed by atoms with Crippen molar-refractivity contribution in [2.45, 2.75) is 26.8 Å². The van der Waals surface area contributed by atoms with Crippen molar-refractivity contribution in [1.82, 2.24) is 35.1 Å². The minimum Gasteiger partial charge on any atom is -0.462 e. The maximum absolute atomic E-state index is 11.4. The molecular formula is C21H31N7O2. The molecule has 0 bridgehead atoms. The highest BCUT2D eigenvalue weighted by molar-refractivity contribution is 6.00. The molecule has 9 heteroatoms. The second kappa shape index (κ2) is 10.2. The van der Waals surface area contributed by atoms with Gasteiger partial charge >= 0.3 is 5.97 Å². The van der Waals surface area contributed by atoms with Crippen molar-refractivity contribution in [3.8, 4) is 0 Å². The Morgan fingerprint density at radius 2 is 2.00 bits per heavy atom. The lowest BCUT2D eigenvalue weighted by molar-refractivity contribution is 0.0528. The Labute approximate surface area is 177 Å². The zero-order valence-corrected chi connectivity index (χ0v) is 18.2. The molecule has 30 heavy (non-hydrogen) atoms. The molecule has 1 atom stereocenters. The van der Waals surface area contributed by atoms with Crippen LogP contribution in [0.4, 0.5) is 0 Å². The van der Waals surface area contributed by atoms with Gasteiger partial charge in [-0.1, -0.05) is 5.21 Å². The van der Waals surface area contributed by atoms with E-state index in [1.807, 2.05) is 0 Å². The zero-order chi connectivity index (χ0) is 21.5. The molecule has 0 amide bonds. The highest BCUT2D eigenvalue weighted by Crippen LogP contribution is 2.18. The molecule has 162 valence electrons. The molecule has 0 saturated carbocycles. The number of pyridine rings is 1. The van der Waals surface area contributed by atoms with E-state index in [0.717, 1.165) is 19.6 Å². The average molecular weight is 414 g/mol. The summed E-state index contributed by atoms with van der Waals surface area (Å²) in [6.45, 7) is 12.3. The summed E-state index contributed by atoms with van der Waals surface area (Å²) in [5, 5.41) is 9.95. The number of nitrogens with zero attached hydrogens (tertiary/aromatic N) is 6. The molecule has 1 saturated heterocycles. The van der Waals surface area contributed by atoms with Gasteiger partial charge in [-0.2, -0.15) is 0 Å². The van der Waals surface area contributed by atoms with Crippen molar-refractivity contribution in [3.63, 3.8) is 0 Å². The van der Waals surface area contributed by atoms with Gasteiger partial charge in [-0.25, -0.2) is 4.79 Å². The SMILES string of the molecule is CCN1C=CC(N2CCN(C)CC2)=CC1C.CCOC(=O)c1cncc2nn[nH]c12. The van der Waals surface area contributed by atoms with Crippen LogP contribution in [0.1, 0.15) is 31.1 Å². The van der Waals surface area contributed by atoms with Gasteiger partial charge in [0.2, 0.25) is 0 Å². The van der Waals surface area contributed by atoms with Crippen LogP contribution in [0.2, 0.25) is 0 Å². The monoisotopic (exact) mass is 413 g/mol. The zero-order valence-electron chi connectivity index (χ0n) is 18.2. The van der Waals surface area contributed by atoms with Gasteiger partial charge in [0, 0.05) is 56.9 Å². The highest BCUT2D eigenvalue weighted by atomic mass is 16.5. The van der Waals surface area contributed by atoms with Crippen molar-refractivity contribution < 1.29 is 9.53 Å². The summed E-state index contributed by atoms with van der Waals surface area (Å²) in [5.74, 6) is -0.420. The van der Waals surface area contributed by atoms with Crippen LogP contribution in [0.25, 0.3) is 11.0 Å². The molecule has 2 aromatic rings. The van der Waals surface area contributed by atoms with Crippen LogP contribution in [-0.4, -0.2) is 93.5 Å². The molecule has 0 radical (unpaired) electrons.